The third-order valence-corrected chi connectivity index (χ3v) is 6.57. The maximum absolute atomic E-state index is 3.38. The fourth-order valence-electron chi connectivity index (χ4n) is 4.41. The van der Waals surface area contributed by atoms with Crippen LogP contribution in [0.3, 0.4) is 0 Å². The first-order valence-electron chi connectivity index (χ1n) is 13.7. The van der Waals surface area contributed by atoms with Gasteiger partial charge >= 0.3 is 0 Å². The van der Waals surface area contributed by atoms with E-state index >= 15 is 0 Å². The Morgan fingerprint density at radius 3 is 0.667 bits per heavy atom. The quantitative estimate of drug-likeness (QED) is 0.174. The minimum absolute atomic E-state index is 0.875. The Kier molecular flexibility index (Phi) is 7.93. The number of hydrogen-bond donors (Lipinski definition) is 0. The SMILES string of the molecule is C(#Cc1cc2cc(C#Cc3ccccc3)c(C#Cc3ccccc3)cc2cc1C#Cc1ccccc1)c1ccccc1. The summed E-state index contributed by atoms with van der Waals surface area (Å²) in [7, 11) is 0. The van der Waals surface area contributed by atoms with Crippen LogP contribution in [-0.2, 0) is 0 Å². The molecule has 0 N–H and O–H groups in total. The van der Waals surface area contributed by atoms with E-state index in [0.717, 1.165) is 55.3 Å². The average Bonchev–Trinajstić information content (AvgIpc) is 3.06. The minimum atomic E-state index is 0.875. The molecule has 0 bridgehead atoms. The summed E-state index contributed by atoms with van der Waals surface area (Å²) in [5, 5.41) is 2.08. The molecule has 0 unspecified atom stereocenters. The molecule has 192 valence electrons. The topological polar surface area (TPSA) is 0 Å². The van der Waals surface area contributed by atoms with Crippen molar-refractivity contribution in [3.63, 3.8) is 0 Å². The Morgan fingerprint density at radius 1 is 0.238 bits per heavy atom. The van der Waals surface area contributed by atoms with Crippen molar-refractivity contribution in [2.24, 2.45) is 0 Å². The van der Waals surface area contributed by atoms with Crippen LogP contribution in [0.1, 0.15) is 44.5 Å². The molecule has 0 aromatic heterocycles. The Morgan fingerprint density at radius 2 is 0.452 bits per heavy atom. The zero-order valence-electron chi connectivity index (χ0n) is 22.9. The molecule has 0 amide bonds. The maximum atomic E-state index is 3.38. The standard InChI is InChI=1S/C42H24/c1-5-13-33(14-6-1)21-25-37-29-41-31-39(27-23-35-17-9-3-10-18-35)40(28-24-36-19-11-4-12-20-36)32-42(41)30-38(37)26-22-34-15-7-2-8-16-34/h1-20,29-32H. The van der Waals surface area contributed by atoms with Crippen molar-refractivity contribution < 1.29 is 0 Å². The van der Waals surface area contributed by atoms with Crippen molar-refractivity contribution in [1.82, 2.24) is 0 Å². The summed E-state index contributed by atoms with van der Waals surface area (Å²) in [6.45, 7) is 0. The van der Waals surface area contributed by atoms with Crippen molar-refractivity contribution in [3.05, 3.63) is 190 Å². The summed E-state index contributed by atoms with van der Waals surface area (Å²) in [5.74, 6) is 26.7. The van der Waals surface area contributed by atoms with Crippen LogP contribution >= 0.6 is 0 Å². The van der Waals surface area contributed by atoms with Gasteiger partial charge in [0.2, 0.25) is 0 Å². The molecule has 0 fully saturated rings. The summed E-state index contributed by atoms with van der Waals surface area (Å²) in [4.78, 5) is 0. The van der Waals surface area contributed by atoms with Gasteiger partial charge in [-0.2, -0.15) is 0 Å². The second-order valence-electron chi connectivity index (χ2n) is 9.61. The van der Waals surface area contributed by atoms with Gasteiger partial charge in [0.15, 0.2) is 0 Å². The van der Waals surface area contributed by atoms with E-state index in [-0.39, 0.29) is 0 Å². The Hall–Kier alpha value is -6.18. The lowest BCUT2D eigenvalue weighted by molar-refractivity contribution is 1.58. The molecule has 42 heavy (non-hydrogen) atoms. The van der Waals surface area contributed by atoms with Gasteiger partial charge in [-0.15, -0.1) is 0 Å². The van der Waals surface area contributed by atoms with Crippen LogP contribution < -0.4 is 0 Å². The molecule has 0 radical (unpaired) electrons. The number of benzene rings is 6. The summed E-state index contributed by atoms with van der Waals surface area (Å²) in [6.07, 6.45) is 0. The van der Waals surface area contributed by atoms with Gasteiger partial charge in [-0.05, 0) is 83.6 Å². The lowest BCUT2D eigenvalue weighted by atomic mass is 9.96. The van der Waals surface area contributed by atoms with Crippen molar-refractivity contribution in [3.8, 4) is 47.4 Å². The molecule has 0 aliphatic heterocycles. The highest BCUT2D eigenvalue weighted by molar-refractivity contribution is 5.89. The molecule has 0 nitrogen and oxygen atoms in total. The third kappa shape index (κ3) is 6.69. The van der Waals surface area contributed by atoms with Gasteiger partial charge in [0.25, 0.3) is 0 Å². The predicted octanol–water partition coefficient (Wildman–Crippen LogP) is 8.44. The van der Waals surface area contributed by atoms with E-state index in [4.69, 9.17) is 0 Å². The zero-order valence-corrected chi connectivity index (χ0v) is 22.9. The molecule has 0 heterocycles. The van der Waals surface area contributed by atoms with Crippen molar-refractivity contribution in [1.29, 1.82) is 0 Å². The molecule has 6 rings (SSSR count). The summed E-state index contributed by atoms with van der Waals surface area (Å²) >= 11 is 0. The van der Waals surface area contributed by atoms with E-state index in [1.54, 1.807) is 0 Å². The minimum Gasteiger partial charge on any atom is -0.0622 e. The summed E-state index contributed by atoms with van der Waals surface area (Å²) in [5.41, 5.74) is 7.33. The first-order chi connectivity index (χ1) is 20.8. The van der Waals surface area contributed by atoms with Gasteiger partial charge in [-0.25, -0.2) is 0 Å². The van der Waals surface area contributed by atoms with Crippen LogP contribution in [0.4, 0.5) is 0 Å². The molecule has 0 spiro atoms. The number of rotatable bonds is 0. The summed E-state index contributed by atoms with van der Waals surface area (Å²) in [6, 6.07) is 48.5. The maximum Gasteiger partial charge on any atom is 0.0412 e. The van der Waals surface area contributed by atoms with Crippen molar-refractivity contribution in [2.75, 3.05) is 0 Å². The molecular weight excluding hydrogens is 504 g/mol. The third-order valence-electron chi connectivity index (χ3n) is 6.57. The first-order valence-corrected chi connectivity index (χ1v) is 13.7. The normalized spacial score (nSPS) is 9.62. The highest BCUT2D eigenvalue weighted by Gasteiger charge is 2.07. The Labute approximate surface area is 247 Å². The van der Waals surface area contributed by atoms with E-state index < -0.39 is 0 Å². The molecule has 0 heteroatoms. The molecule has 0 saturated carbocycles. The van der Waals surface area contributed by atoms with Gasteiger partial charge < -0.3 is 0 Å². The molecule has 0 aliphatic rings. The number of hydrogen-bond acceptors (Lipinski definition) is 0. The predicted molar refractivity (Wildman–Crippen MR) is 174 cm³/mol. The van der Waals surface area contributed by atoms with Crippen LogP contribution in [0, 0.1) is 47.4 Å². The lowest BCUT2D eigenvalue weighted by Crippen LogP contribution is -1.91. The van der Waals surface area contributed by atoms with E-state index in [0.29, 0.717) is 0 Å². The van der Waals surface area contributed by atoms with Gasteiger partial charge in [0.1, 0.15) is 0 Å². The van der Waals surface area contributed by atoms with Crippen molar-refractivity contribution in [2.45, 2.75) is 0 Å². The van der Waals surface area contributed by atoms with Gasteiger partial charge in [0.05, 0.1) is 0 Å². The van der Waals surface area contributed by atoms with Crippen LogP contribution in [0.15, 0.2) is 146 Å². The number of fused-ring (bicyclic) bond motifs is 1. The Bertz CT molecular complexity index is 1800. The van der Waals surface area contributed by atoms with Gasteiger partial charge in [0, 0.05) is 44.5 Å². The molecular formula is C42H24. The monoisotopic (exact) mass is 528 g/mol. The van der Waals surface area contributed by atoms with Crippen LogP contribution in [0.25, 0.3) is 10.8 Å². The molecule has 6 aromatic carbocycles. The van der Waals surface area contributed by atoms with Gasteiger partial charge in [-0.1, -0.05) is 120 Å². The van der Waals surface area contributed by atoms with Crippen LogP contribution in [-0.4, -0.2) is 0 Å². The highest BCUT2D eigenvalue weighted by atomic mass is 14.1. The molecule has 6 aromatic rings. The van der Waals surface area contributed by atoms with Gasteiger partial charge in [-0.3, -0.25) is 0 Å². The smallest absolute Gasteiger partial charge is 0.0412 e. The molecule has 0 aliphatic carbocycles. The van der Waals surface area contributed by atoms with E-state index in [1.807, 2.05) is 121 Å². The largest absolute Gasteiger partial charge is 0.0622 e. The summed E-state index contributed by atoms with van der Waals surface area (Å²) < 4.78 is 0. The fraction of sp³-hybridized carbons (Fsp3) is 0. The second-order valence-corrected chi connectivity index (χ2v) is 9.61. The van der Waals surface area contributed by atoms with Crippen LogP contribution in [0.5, 0.6) is 0 Å². The zero-order chi connectivity index (χ0) is 28.4. The molecule has 0 saturated heterocycles. The average molecular weight is 529 g/mol. The Balaban J connectivity index is 1.52. The highest BCUT2D eigenvalue weighted by Crippen LogP contribution is 2.24. The van der Waals surface area contributed by atoms with E-state index in [2.05, 4.69) is 71.6 Å². The second kappa shape index (κ2) is 12.8. The first kappa shape index (κ1) is 26.1. The fourth-order valence-corrected chi connectivity index (χ4v) is 4.41. The van der Waals surface area contributed by atoms with Crippen molar-refractivity contribution >= 4 is 10.8 Å². The van der Waals surface area contributed by atoms with E-state index in [1.165, 1.54) is 0 Å². The lowest BCUT2D eigenvalue weighted by Gasteiger charge is -2.06. The van der Waals surface area contributed by atoms with Crippen LogP contribution in [0.2, 0.25) is 0 Å². The van der Waals surface area contributed by atoms with E-state index in [9.17, 15) is 0 Å². The molecule has 0 atom stereocenters.